The highest BCUT2D eigenvalue weighted by Gasteiger charge is 2.87. The summed E-state index contributed by atoms with van der Waals surface area (Å²) in [4.78, 5) is 25.3. The fourth-order valence-electron chi connectivity index (χ4n) is 1.52. The molecule has 0 aliphatic rings. The summed E-state index contributed by atoms with van der Waals surface area (Å²) in [5.74, 6) is -71.2. The Bertz CT molecular complexity index is 765. The van der Waals surface area contributed by atoms with Crippen molar-refractivity contribution in [3.05, 3.63) is 0 Å². The van der Waals surface area contributed by atoms with Crippen LogP contribution in [0.25, 0.3) is 0 Å². The monoisotopic (exact) mass is 590 g/mol. The van der Waals surface area contributed by atoms with Crippen LogP contribution in [0.5, 0.6) is 0 Å². The molecule has 0 rings (SSSR count). The molecule has 0 aromatic heterocycles. The van der Waals surface area contributed by atoms with E-state index >= 15 is 0 Å². The van der Waals surface area contributed by atoms with Crippen LogP contribution in [0.3, 0.4) is 0 Å². The molecule has 0 radical (unpaired) electrons. The quantitative estimate of drug-likeness (QED) is 0.189. The summed E-state index contributed by atoms with van der Waals surface area (Å²) in [6, 6.07) is 0. The van der Waals surface area contributed by atoms with Crippen molar-refractivity contribution >= 4 is 11.9 Å². The Labute approximate surface area is 181 Å². The fourth-order valence-corrected chi connectivity index (χ4v) is 1.52. The molecule has 214 valence electrons. The zero-order chi connectivity index (χ0) is 29.7. The highest BCUT2D eigenvalue weighted by Crippen LogP contribution is 2.56. The van der Waals surface area contributed by atoms with Gasteiger partial charge in [-0.1, -0.05) is 0 Å². The first-order valence-electron chi connectivity index (χ1n) is 7.46. The van der Waals surface area contributed by atoms with E-state index in [9.17, 15) is 97.4 Å². The van der Waals surface area contributed by atoms with E-state index in [4.69, 9.17) is 0 Å². The van der Waals surface area contributed by atoms with Gasteiger partial charge >= 0.3 is 72.2 Å². The molecule has 0 saturated carbocycles. The number of alkyl halides is 20. The number of carbonyl (C=O) groups excluding carboxylic acids is 2. The third-order valence-corrected chi connectivity index (χ3v) is 3.67. The van der Waals surface area contributed by atoms with Gasteiger partial charge in [-0.05, 0) is 0 Å². The minimum atomic E-state index is -8.00. The maximum Gasteiger partial charge on any atom is 0.431 e. The maximum atomic E-state index is 13.2. The van der Waals surface area contributed by atoms with Gasteiger partial charge in [0, 0.05) is 0 Å². The summed E-state index contributed by atoms with van der Waals surface area (Å²) < 4.78 is 255. The molecular weight excluding hydrogens is 588 g/mol. The van der Waals surface area contributed by atoms with Crippen molar-refractivity contribution in [1.82, 2.24) is 0 Å². The molecule has 0 aliphatic carbocycles. The van der Waals surface area contributed by atoms with Crippen molar-refractivity contribution < 1.29 is 107 Å². The Morgan fingerprint density at radius 2 is 0.611 bits per heavy atom. The molecular formula is C12H2F20O4. The molecule has 0 atom stereocenters. The Kier molecular flexibility index (Phi) is 8.51. The van der Waals surface area contributed by atoms with Crippen molar-refractivity contribution in [2.24, 2.45) is 0 Å². The standard InChI is InChI=1S/C12H2F20O4/c13-1(14)5(17,18)9(25,26)11(29,30)7(21,22)3(33)35-36-4(34)8(23,24)12(31,32)10(27,28)6(19,20)2(15)16/h1-2H. The Morgan fingerprint density at radius 1 is 0.417 bits per heavy atom. The molecule has 0 saturated heterocycles. The van der Waals surface area contributed by atoms with Gasteiger partial charge in [0.15, 0.2) is 0 Å². The number of hydrogen-bond acceptors (Lipinski definition) is 4. The summed E-state index contributed by atoms with van der Waals surface area (Å²) in [7, 11) is 0. The summed E-state index contributed by atoms with van der Waals surface area (Å²) in [5, 5.41) is 0. The molecule has 0 aliphatic heterocycles. The summed E-state index contributed by atoms with van der Waals surface area (Å²) in [6.45, 7) is 0. The van der Waals surface area contributed by atoms with Gasteiger partial charge in [0.05, 0.1) is 0 Å². The number of hydrogen-bond donors (Lipinski definition) is 0. The van der Waals surface area contributed by atoms with E-state index in [0.29, 0.717) is 0 Å². The molecule has 36 heavy (non-hydrogen) atoms. The minimum absolute atomic E-state index is 1.97. The van der Waals surface area contributed by atoms with Crippen LogP contribution >= 0.6 is 0 Å². The predicted octanol–water partition coefficient (Wildman–Crippen LogP) is 5.60. The van der Waals surface area contributed by atoms with Gasteiger partial charge in [-0.25, -0.2) is 36.9 Å². The Hall–Kier alpha value is -2.46. The van der Waals surface area contributed by atoms with E-state index < -0.39 is 72.2 Å². The number of carbonyl (C=O) groups is 2. The second-order valence-electron chi connectivity index (χ2n) is 6.04. The van der Waals surface area contributed by atoms with Crippen molar-refractivity contribution in [1.29, 1.82) is 0 Å². The maximum absolute atomic E-state index is 13.2. The predicted molar refractivity (Wildman–Crippen MR) is 63.8 cm³/mol. The fraction of sp³-hybridized carbons (Fsp3) is 0.833. The van der Waals surface area contributed by atoms with E-state index in [1.54, 1.807) is 0 Å². The van der Waals surface area contributed by atoms with Gasteiger partial charge in [0.1, 0.15) is 0 Å². The second-order valence-corrected chi connectivity index (χ2v) is 6.04. The molecule has 4 nitrogen and oxygen atoms in total. The molecule has 24 heteroatoms. The van der Waals surface area contributed by atoms with E-state index in [1.165, 1.54) is 0 Å². The molecule has 0 heterocycles. The first kappa shape index (κ1) is 33.5. The van der Waals surface area contributed by atoms with Crippen LogP contribution in [-0.2, 0) is 19.4 Å². The molecule has 0 aromatic rings. The van der Waals surface area contributed by atoms with Gasteiger partial charge in [0.2, 0.25) is 0 Å². The zero-order valence-corrected chi connectivity index (χ0v) is 15.3. The first-order valence-corrected chi connectivity index (χ1v) is 7.46. The summed E-state index contributed by atoms with van der Waals surface area (Å²) in [5.41, 5.74) is 0. The molecule has 0 N–H and O–H groups in total. The van der Waals surface area contributed by atoms with Gasteiger partial charge in [-0.3, -0.25) is 0 Å². The largest absolute Gasteiger partial charge is 0.431 e. The Morgan fingerprint density at radius 3 is 0.778 bits per heavy atom. The van der Waals surface area contributed by atoms with Crippen LogP contribution in [0.1, 0.15) is 0 Å². The van der Waals surface area contributed by atoms with Gasteiger partial charge in [-0.2, -0.15) is 70.2 Å². The lowest BCUT2D eigenvalue weighted by atomic mass is 9.98. The SMILES string of the molecule is O=C(OOC(=O)C(F)(F)C(F)(F)C(F)(F)C(F)(F)C(F)F)C(F)(F)C(F)(F)C(F)(F)C(F)(F)C(F)F. The lowest BCUT2D eigenvalue weighted by Crippen LogP contribution is -2.67. The molecule has 0 bridgehead atoms. The van der Waals surface area contributed by atoms with Crippen LogP contribution in [0.2, 0.25) is 0 Å². The normalized spacial score (nSPS) is 15.4. The van der Waals surface area contributed by atoms with E-state index in [1.807, 2.05) is 9.78 Å². The lowest BCUT2D eigenvalue weighted by Gasteiger charge is -2.35. The van der Waals surface area contributed by atoms with Crippen LogP contribution in [0, 0.1) is 0 Å². The van der Waals surface area contributed by atoms with Gasteiger partial charge < -0.3 is 0 Å². The van der Waals surface area contributed by atoms with Crippen LogP contribution < -0.4 is 0 Å². The van der Waals surface area contributed by atoms with Crippen LogP contribution in [0.4, 0.5) is 87.8 Å². The van der Waals surface area contributed by atoms with E-state index in [-0.39, 0.29) is 0 Å². The molecule has 0 unspecified atom stereocenters. The highest BCUT2D eigenvalue weighted by molar-refractivity contribution is 5.82. The Balaban J connectivity index is 6.03. The van der Waals surface area contributed by atoms with Gasteiger partial charge in [-0.15, -0.1) is 0 Å². The molecule has 0 amide bonds. The van der Waals surface area contributed by atoms with E-state index in [2.05, 4.69) is 0 Å². The van der Waals surface area contributed by atoms with Gasteiger partial charge in [0.25, 0.3) is 0 Å². The average Bonchev–Trinajstić information content (AvgIpc) is 2.70. The lowest BCUT2D eigenvalue weighted by molar-refractivity contribution is -0.391. The number of rotatable bonds is 10. The van der Waals surface area contributed by atoms with Crippen LogP contribution in [0.15, 0.2) is 0 Å². The van der Waals surface area contributed by atoms with E-state index in [0.717, 1.165) is 0 Å². The van der Waals surface area contributed by atoms with Crippen molar-refractivity contribution in [2.75, 3.05) is 0 Å². The third kappa shape index (κ3) is 4.53. The van der Waals surface area contributed by atoms with Crippen molar-refractivity contribution in [3.8, 4) is 0 Å². The van der Waals surface area contributed by atoms with Crippen molar-refractivity contribution in [2.45, 2.75) is 60.2 Å². The minimum Gasteiger partial charge on any atom is -0.240 e. The summed E-state index contributed by atoms with van der Waals surface area (Å²) in [6.07, 6.45) is -11.7. The highest BCUT2D eigenvalue weighted by atomic mass is 19.4. The topological polar surface area (TPSA) is 52.6 Å². The van der Waals surface area contributed by atoms with Crippen molar-refractivity contribution in [3.63, 3.8) is 0 Å². The zero-order valence-electron chi connectivity index (χ0n) is 15.3. The molecule has 0 fully saturated rings. The second kappa shape index (κ2) is 9.13. The third-order valence-electron chi connectivity index (χ3n) is 3.67. The summed E-state index contributed by atoms with van der Waals surface area (Å²) >= 11 is 0. The molecule has 0 aromatic carbocycles. The smallest absolute Gasteiger partial charge is 0.240 e. The number of halogens is 20. The molecule has 0 spiro atoms. The first-order chi connectivity index (χ1) is 15.4. The average molecular weight is 590 g/mol. The van der Waals surface area contributed by atoms with Crippen LogP contribution in [-0.4, -0.2) is 72.2 Å².